The van der Waals surface area contributed by atoms with Crippen molar-refractivity contribution < 1.29 is 9.53 Å². The Kier molecular flexibility index (Phi) is 5.47. The van der Waals surface area contributed by atoms with E-state index in [1.807, 2.05) is 25.9 Å². The maximum atomic E-state index is 12.2. The van der Waals surface area contributed by atoms with E-state index in [0.717, 1.165) is 12.8 Å². The third kappa shape index (κ3) is 3.21. The molecule has 0 aliphatic heterocycles. The molecule has 0 rings (SSSR count). The van der Waals surface area contributed by atoms with Crippen LogP contribution in [0, 0.1) is 5.41 Å². The van der Waals surface area contributed by atoms with Crippen LogP contribution in [0.1, 0.15) is 47.5 Å². The van der Waals surface area contributed by atoms with Crippen LogP contribution < -0.4 is 0 Å². The molecular formula is C13H27NO2. The number of hydrogen-bond donors (Lipinski definition) is 0. The number of rotatable bonds is 5. The van der Waals surface area contributed by atoms with Gasteiger partial charge in [-0.15, -0.1) is 0 Å². The Hall–Kier alpha value is -0.570. The fraction of sp³-hybridized carbons (Fsp3) is 0.923. The number of hydrogen-bond acceptors (Lipinski definition) is 3. The van der Waals surface area contributed by atoms with Crippen molar-refractivity contribution in [3.05, 3.63) is 0 Å². The summed E-state index contributed by atoms with van der Waals surface area (Å²) in [5.41, 5.74) is -0.736. The molecule has 0 aromatic heterocycles. The lowest BCUT2D eigenvalue weighted by Crippen LogP contribution is -2.58. The van der Waals surface area contributed by atoms with E-state index in [2.05, 4.69) is 27.7 Å². The summed E-state index contributed by atoms with van der Waals surface area (Å²) in [7, 11) is 3.85. The first-order valence-corrected chi connectivity index (χ1v) is 6.02. The van der Waals surface area contributed by atoms with Crippen LogP contribution >= 0.6 is 0 Å². The van der Waals surface area contributed by atoms with E-state index in [1.165, 1.54) is 0 Å². The standard InChI is InChI=1S/C13H27NO2/c1-8-9-10-16-11(15)13(5,14(6)7)12(2,3)4/h8-10H2,1-7H3. The molecule has 0 radical (unpaired) electrons. The van der Waals surface area contributed by atoms with Crippen LogP contribution in [-0.4, -0.2) is 37.1 Å². The monoisotopic (exact) mass is 229 g/mol. The van der Waals surface area contributed by atoms with Crippen molar-refractivity contribution in [1.29, 1.82) is 0 Å². The Labute approximate surface area is 100 Å². The average Bonchev–Trinajstić information content (AvgIpc) is 2.14. The molecule has 0 saturated heterocycles. The number of nitrogens with zero attached hydrogens (tertiary/aromatic N) is 1. The van der Waals surface area contributed by atoms with Gasteiger partial charge in [-0.3, -0.25) is 9.69 Å². The number of unbranched alkanes of at least 4 members (excludes halogenated alkanes) is 1. The lowest BCUT2D eigenvalue weighted by molar-refractivity contribution is -0.163. The molecule has 3 nitrogen and oxygen atoms in total. The zero-order chi connectivity index (χ0) is 13.0. The summed E-state index contributed by atoms with van der Waals surface area (Å²) in [6.07, 6.45) is 1.97. The van der Waals surface area contributed by atoms with Gasteiger partial charge in [0.15, 0.2) is 0 Å². The summed E-state index contributed by atoms with van der Waals surface area (Å²) < 4.78 is 5.35. The highest BCUT2D eigenvalue weighted by Gasteiger charge is 2.47. The second kappa shape index (κ2) is 5.67. The van der Waals surface area contributed by atoms with Crippen LogP contribution in [0.25, 0.3) is 0 Å². The summed E-state index contributed by atoms with van der Waals surface area (Å²) in [4.78, 5) is 14.1. The smallest absolute Gasteiger partial charge is 0.326 e. The molecule has 96 valence electrons. The highest BCUT2D eigenvalue weighted by atomic mass is 16.5. The van der Waals surface area contributed by atoms with Crippen molar-refractivity contribution >= 4 is 5.97 Å². The van der Waals surface area contributed by atoms with Gasteiger partial charge in [0.1, 0.15) is 5.54 Å². The van der Waals surface area contributed by atoms with E-state index in [1.54, 1.807) is 0 Å². The predicted octanol–water partition coefficient (Wildman–Crippen LogP) is 2.70. The molecule has 0 aliphatic carbocycles. The molecule has 0 aromatic carbocycles. The summed E-state index contributed by atoms with van der Waals surface area (Å²) in [5.74, 6) is -0.126. The van der Waals surface area contributed by atoms with E-state index in [9.17, 15) is 4.79 Å². The molecule has 0 aromatic rings. The molecule has 0 N–H and O–H groups in total. The largest absolute Gasteiger partial charge is 0.464 e. The Bertz CT molecular complexity index is 231. The molecule has 1 unspecified atom stereocenters. The van der Waals surface area contributed by atoms with E-state index in [4.69, 9.17) is 4.74 Å². The minimum Gasteiger partial charge on any atom is -0.464 e. The Morgan fingerprint density at radius 1 is 1.19 bits per heavy atom. The molecule has 0 heterocycles. The third-order valence-corrected chi connectivity index (χ3v) is 3.48. The maximum Gasteiger partial charge on any atom is 0.326 e. The van der Waals surface area contributed by atoms with Crippen molar-refractivity contribution in [2.24, 2.45) is 5.41 Å². The van der Waals surface area contributed by atoms with Crippen LogP contribution in [0.4, 0.5) is 0 Å². The zero-order valence-electron chi connectivity index (χ0n) is 11.9. The van der Waals surface area contributed by atoms with Crippen molar-refractivity contribution in [2.75, 3.05) is 20.7 Å². The number of ether oxygens (including phenoxy) is 1. The molecule has 0 saturated carbocycles. The molecule has 1 atom stereocenters. The van der Waals surface area contributed by atoms with Crippen LogP contribution in [0.3, 0.4) is 0 Å². The molecular weight excluding hydrogens is 202 g/mol. The van der Waals surface area contributed by atoms with E-state index in [0.29, 0.717) is 6.61 Å². The fourth-order valence-corrected chi connectivity index (χ4v) is 1.61. The van der Waals surface area contributed by atoms with Gasteiger partial charge >= 0.3 is 5.97 Å². The van der Waals surface area contributed by atoms with Gasteiger partial charge in [0, 0.05) is 0 Å². The minimum absolute atomic E-state index is 0.126. The number of esters is 1. The molecule has 0 spiro atoms. The van der Waals surface area contributed by atoms with Crippen molar-refractivity contribution in [3.8, 4) is 0 Å². The molecule has 0 amide bonds. The highest BCUT2D eigenvalue weighted by Crippen LogP contribution is 2.35. The van der Waals surface area contributed by atoms with Gasteiger partial charge in [0.2, 0.25) is 0 Å². The molecule has 16 heavy (non-hydrogen) atoms. The first kappa shape index (κ1) is 15.4. The molecule has 0 aliphatic rings. The maximum absolute atomic E-state index is 12.2. The van der Waals surface area contributed by atoms with Crippen LogP contribution in [-0.2, 0) is 9.53 Å². The normalized spacial score (nSPS) is 16.0. The summed E-state index contributed by atoms with van der Waals surface area (Å²) in [6.45, 7) is 10.7. The van der Waals surface area contributed by atoms with Crippen molar-refractivity contribution in [3.63, 3.8) is 0 Å². The van der Waals surface area contributed by atoms with Crippen LogP contribution in [0.5, 0.6) is 0 Å². The second-order valence-electron chi connectivity index (χ2n) is 5.71. The second-order valence-corrected chi connectivity index (χ2v) is 5.71. The van der Waals surface area contributed by atoms with Crippen LogP contribution in [0.2, 0.25) is 0 Å². The molecule has 3 heteroatoms. The van der Waals surface area contributed by atoms with Crippen molar-refractivity contribution in [2.45, 2.75) is 53.0 Å². The Morgan fingerprint density at radius 3 is 2.00 bits per heavy atom. The zero-order valence-corrected chi connectivity index (χ0v) is 11.9. The van der Waals surface area contributed by atoms with Gasteiger partial charge in [-0.05, 0) is 32.9 Å². The third-order valence-electron chi connectivity index (χ3n) is 3.48. The first-order chi connectivity index (χ1) is 7.17. The molecule has 0 fully saturated rings. The van der Waals surface area contributed by atoms with Gasteiger partial charge in [-0.25, -0.2) is 0 Å². The minimum atomic E-state index is -0.583. The summed E-state index contributed by atoms with van der Waals surface area (Å²) >= 11 is 0. The lowest BCUT2D eigenvalue weighted by Gasteiger charge is -2.44. The number of carbonyl (C=O) groups excluding carboxylic acids is 1. The van der Waals surface area contributed by atoms with Gasteiger partial charge in [-0.1, -0.05) is 34.1 Å². The fourth-order valence-electron chi connectivity index (χ4n) is 1.61. The Balaban J connectivity index is 4.73. The summed E-state index contributed by atoms with van der Waals surface area (Å²) in [6, 6.07) is 0. The number of likely N-dealkylation sites (N-methyl/N-ethyl adjacent to an activating group) is 1. The number of carbonyl (C=O) groups is 1. The van der Waals surface area contributed by atoms with Crippen LogP contribution in [0.15, 0.2) is 0 Å². The lowest BCUT2D eigenvalue weighted by atomic mass is 9.74. The SMILES string of the molecule is CCCCOC(=O)C(C)(N(C)C)C(C)(C)C. The highest BCUT2D eigenvalue weighted by molar-refractivity contribution is 5.81. The van der Waals surface area contributed by atoms with Gasteiger partial charge in [0.25, 0.3) is 0 Å². The Morgan fingerprint density at radius 2 is 1.69 bits per heavy atom. The average molecular weight is 229 g/mol. The van der Waals surface area contributed by atoms with Gasteiger partial charge in [0.05, 0.1) is 6.61 Å². The van der Waals surface area contributed by atoms with E-state index in [-0.39, 0.29) is 11.4 Å². The summed E-state index contributed by atoms with van der Waals surface area (Å²) in [5, 5.41) is 0. The molecule has 0 bridgehead atoms. The van der Waals surface area contributed by atoms with Crippen molar-refractivity contribution in [1.82, 2.24) is 4.90 Å². The van der Waals surface area contributed by atoms with E-state index < -0.39 is 5.54 Å². The predicted molar refractivity (Wildman–Crippen MR) is 67.4 cm³/mol. The van der Waals surface area contributed by atoms with E-state index >= 15 is 0 Å². The van der Waals surface area contributed by atoms with Gasteiger partial charge < -0.3 is 4.74 Å². The first-order valence-electron chi connectivity index (χ1n) is 6.02. The quantitative estimate of drug-likeness (QED) is 0.536. The van der Waals surface area contributed by atoms with Gasteiger partial charge in [-0.2, -0.15) is 0 Å². The topological polar surface area (TPSA) is 29.5 Å².